The number of carbonyl (C=O) groups excluding carboxylic acids is 2. The van der Waals surface area contributed by atoms with Gasteiger partial charge in [-0.15, -0.1) is 0 Å². The molecule has 1 saturated heterocycles. The maximum Gasteiger partial charge on any atom is 0.303 e. The molecule has 8 bridgehead atoms. The minimum Gasteiger partial charge on any atom is -0.682 e. The number of aliphatic imine (C=N–C) groups is 3. The summed E-state index contributed by atoms with van der Waals surface area (Å²) in [5, 5.41) is 56.0. The van der Waals surface area contributed by atoms with Crippen molar-refractivity contribution in [1.82, 2.24) is 0 Å². The quantitative estimate of drug-likeness (QED) is 0.0896. The van der Waals surface area contributed by atoms with Crippen LogP contribution in [-0.4, -0.2) is 95.9 Å². The van der Waals surface area contributed by atoms with E-state index in [2.05, 4.69) is 0 Å². The molecule has 0 spiro atoms. The van der Waals surface area contributed by atoms with Crippen LogP contribution in [0.1, 0.15) is 126 Å². The second-order valence-corrected chi connectivity index (χ2v) is 19.5. The van der Waals surface area contributed by atoms with Crippen molar-refractivity contribution >= 4 is 58.8 Å². The number of nitrogens with two attached hydrogens (primary N) is 2. The molecule has 5 aliphatic rings. The van der Waals surface area contributed by atoms with Gasteiger partial charge < -0.3 is 42.3 Å². The van der Waals surface area contributed by atoms with Crippen LogP contribution in [0.15, 0.2) is 49.3 Å². The Morgan fingerprint density at radius 2 is 1.17 bits per heavy atom. The minimum atomic E-state index is -1.54. The summed E-state index contributed by atoms with van der Waals surface area (Å²) in [5.41, 5.74) is 8.91. The fourth-order valence-corrected chi connectivity index (χ4v) is 11.7. The summed E-state index contributed by atoms with van der Waals surface area (Å²) in [6.45, 7) is 14.3. The van der Waals surface area contributed by atoms with E-state index in [1.165, 1.54) is 0 Å². The van der Waals surface area contributed by atoms with Gasteiger partial charge in [-0.1, -0.05) is 40.7 Å². The number of carboxylic acid groups (broad SMARTS) is 5. The molecular weight excluding hydrogens is 875 g/mol. The number of carboxylic acids is 5. The first kappa shape index (κ1) is 51.5. The van der Waals surface area contributed by atoms with Crippen LogP contribution in [0.3, 0.4) is 0 Å². The normalized spacial score (nSPS) is 35.6. The molecule has 5 rings (SSSR count). The van der Waals surface area contributed by atoms with E-state index in [1.54, 1.807) is 47.6 Å². The van der Waals surface area contributed by atoms with E-state index in [0.29, 0.717) is 45.4 Å². The number of nitrogens with zero attached hydrogens (tertiary/aromatic N) is 4. The summed E-state index contributed by atoms with van der Waals surface area (Å²) in [7, 11) is 0. The van der Waals surface area contributed by atoms with Crippen LogP contribution < -0.4 is 11.5 Å². The average Bonchev–Trinajstić information content (AvgIpc) is 3.75. The molecule has 9 N–H and O–H groups in total. The molecule has 19 heteroatoms. The van der Waals surface area contributed by atoms with Gasteiger partial charge in [0.15, 0.2) is 0 Å². The van der Waals surface area contributed by atoms with Gasteiger partial charge in [0.25, 0.3) is 0 Å². The van der Waals surface area contributed by atoms with Crippen molar-refractivity contribution in [3.63, 3.8) is 0 Å². The van der Waals surface area contributed by atoms with E-state index in [4.69, 9.17) is 31.8 Å². The Morgan fingerprint density at radius 1 is 0.656 bits per heavy atom. The van der Waals surface area contributed by atoms with Crippen LogP contribution in [0.2, 0.25) is 0 Å². The molecular formula is C45H61CoN6O12-. The van der Waals surface area contributed by atoms with Gasteiger partial charge in [0.2, 0.25) is 11.8 Å². The second-order valence-electron chi connectivity index (χ2n) is 19.5. The van der Waals surface area contributed by atoms with Crippen LogP contribution in [0.5, 0.6) is 0 Å². The second kappa shape index (κ2) is 18.4. The van der Waals surface area contributed by atoms with Gasteiger partial charge in [-0.3, -0.25) is 48.5 Å². The number of rotatable bonds is 18. The van der Waals surface area contributed by atoms with E-state index < -0.39 is 105 Å². The van der Waals surface area contributed by atoms with Gasteiger partial charge in [0, 0.05) is 119 Å². The summed E-state index contributed by atoms with van der Waals surface area (Å²) in [6.07, 6.45) is -0.675. The maximum atomic E-state index is 13.3. The fourth-order valence-electron chi connectivity index (χ4n) is 11.7. The third kappa shape index (κ3) is 9.06. The molecule has 18 nitrogen and oxygen atoms in total. The fraction of sp³-hybridized carbons (Fsp3) is 0.644. The summed E-state index contributed by atoms with van der Waals surface area (Å²) >= 11 is 0. The molecule has 1 radical (unpaired) electrons. The van der Waals surface area contributed by atoms with Crippen molar-refractivity contribution in [3.8, 4) is 0 Å². The van der Waals surface area contributed by atoms with E-state index in [9.17, 15) is 59.1 Å². The molecule has 9 atom stereocenters. The number of fused-ring (bicyclic) bond motifs is 6. The summed E-state index contributed by atoms with van der Waals surface area (Å²) in [6, 6.07) is -1.08. The van der Waals surface area contributed by atoms with Crippen molar-refractivity contribution in [2.24, 2.45) is 71.8 Å². The van der Waals surface area contributed by atoms with Gasteiger partial charge in [-0.2, -0.15) is 5.70 Å². The smallest absolute Gasteiger partial charge is 0.303 e. The molecule has 1 fully saturated rings. The van der Waals surface area contributed by atoms with Crippen molar-refractivity contribution in [1.29, 1.82) is 0 Å². The van der Waals surface area contributed by atoms with Crippen LogP contribution in [0.4, 0.5) is 0 Å². The number of hydrogen-bond acceptors (Lipinski definition) is 10. The molecule has 2 amide bonds. The first-order valence-electron chi connectivity index (χ1n) is 21.3. The Kier molecular flexibility index (Phi) is 14.8. The number of hydrogen-bond donors (Lipinski definition) is 7. The molecule has 0 saturated carbocycles. The molecule has 64 heavy (non-hydrogen) atoms. The molecule has 0 aromatic heterocycles. The number of primary amides is 2. The number of amides is 2. The van der Waals surface area contributed by atoms with Gasteiger partial charge >= 0.3 is 29.8 Å². The first-order valence-corrected chi connectivity index (χ1v) is 21.3. The number of aliphatic carboxylic acids is 5. The Hall–Kier alpha value is -5.17. The average molecular weight is 937 g/mol. The first-order chi connectivity index (χ1) is 29.0. The third-order valence-electron chi connectivity index (χ3n) is 15.2. The van der Waals surface area contributed by atoms with Crippen LogP contribution in [-0.2, 0) is 50.3 Å². The minimum absolute atomic E-state index is 0. The standard InChI is InChI=1S/C45H62N6O12.Co/c1-21-36-24(10-13-32(56)57)41(3,4)28(49-36)18-27-23(9-12-31(54)55)43(6,19-29(46)52)39(48-27)22(2)37-25(11-14-33(58)59)44(7,20-30(47)53)45(8,51-37)40-26(17-35(62)63)42(5,38(21)50-40)16-15-34(60)61;/h18,23-26,40H,9-17,19-20H2,1-8H3,(H10,46,47,48,49,50,51,52,53,54,55,56,57,58,59,60,61,62,63);/p-1/t23-,24-,25-,26+,40-,42-,43+,44+,45+;/m1./s1. The largest absolute Gasteiger partial charge is 0.682 e. The van der Waals surface area contributed by atoms with E-state index in [0.717, 1.165) is 0 Å². The van der Waals surface area contributed by atoms with Crippen LogP contribution in [0.25, 0.3) is 5.32 Å². The zero-order valence-electron chi connectivity index (χ0n) is 37.6. The zero-order valence-corrected chi connectivity index (χ0v) is 38.7. The molecule has 5 aliphatic heterocycles. The number of allylic oxidation sites excluding steroid dienone is 6. The Bertz CT molecular complexity index is 2230. The van der Waals surface area contributed by atoms with Crippen molar-refractivity contribution < 1.29 is 75.9 Å². The predicted octanol–water partition coefficient (Wildman–Crippen LogP) is 5.50. The van der Waals surface area contributed by atoms with Gasteiger partial charge in [-0.25, -0.2) is 0 Å². The van der Waals surface area contributed by atoms with Gasteiger partial charge in [0.1, 0.15) is 0 Å². The molecule has 0 aliphatic carbocycles. The summed E-state index contributed by atoms with van der Waals surface area (Å²) < 4.78 is 0. The monoisotopic (exact) mass is 936 g/mol. The van der Waals surface area contributed by atoms with E-state index >= 15 is 0 Å². The summed E-state index contributed by atoms with van der Waals surface area (Å²) in [4.78, 5) is 104. The van der Waals surface area contributed by atoms with Crippen LogP contribution in [0, 0.1) is 45.3 Å². The zero-order chi connectivity index (χ0) is 47.4. The summed E-state index contributed by atoms with van der Waals surface area (Å²) in [5.74, 6) is -10.2. The molecule has 0 aromatic carbocycles. The molecule has 5 heterocycles. The molecule has 0 aromatic rings. The Labute approximate surface area is 382 Å². The van der Waals surface area contributed by atoms with Gasteiger partial charge in [0.05, 0.1) is 11.2 Å². The molecule has 353 valence electrons. The molecule has 0 unspecified atom stereocenters. The topological polar surface area (TPSA) is 324 Å². The van der Waals surface area contributed by atoms with E-state index in [1.807, 2.05) is 13.8 Å². The van der Waals surface area contributed by atoms with Crippen molar-refractivity contribution in [2.75, 3.05) is 0 Å². The van der Waals surface area contributed by atoms with Crippen LogP contribution >= 0.6 is 0 Å². The van der Waals surface area contributed by atoms with E-state index in [-0.39, 0.29) is 81.0 Å². The predicted molar refractivity (Wildman–Crippen MR) is 231 cm³/mol. The van der Waals surface area contributed by atoms with Gasteiger partial charge in [-0.05, 0) is 75.0 Å². The Balaban J connectivity index is 0.00000898. The van der Waals surface area contributed by atoms with Crippen molar-refractivity contribution in [2.45, 2.75) is 138 Å². The SMILES string of the molecule is C/C1=C2/[N-][C@H]([C@H](CC(=O)O)[C@@]2(C)CCC(=O)O)[C@]2(C)N=C(/C(C)=C3N=C(/C=C4N=C1[C@@H](CCC(=O)O)C\4(C)C)[C@@H](CCC(=O)O)[C@]\3(C)CC(N)=O)[C@@H](CCC(=O)O)[C@]2(C)CC(N)=O.[Co]. The van der Waals surface area contributed by atoms with Crippen molar-refractivity contribution in [3.05, 3.63) is 39.6 Å². The number of carbonyl (C=O) groups is 7. The Morgan fingerprint density at radius 3 is 1.67 bits per heavy atom. The third-order valence-corrected chi connectivity index (χ3v) is 15.2. The maximum absolute atomic E-state index is 13.3.